The van der Waals surface area contributed by atoms with Crippen molar-refractivity contribution in [3.8, 4) is 0 Å². The summed E-state index contributed by atoms with van der Waals surface area (Å²) in [5.41, 5.74) is 1.47. The minimum atomic E-state index is -3.63. The molecule has 1 amide bonds. The molecule has 0 aliphatic carbocycles. The van der Waals surface area contributed by atoms with E-state index in [2.05, 4.69) is 10.0 Å². The van der Waals surface area contributed by atoms with E-state index in [0.29, 0.717) is 25.1 Å². The smallest absolute Gasteiger partial charge is 0.251 e. The van der Waals surface area contributed by atoms with E-state index < -0.39 is 10.0 Å². The van der Waals surface area contributed by atoms with Crippen molar-refractivity contribution in [2.24, 2.45) is 0 Å². The minimum absolute atomic E-state index is 0.100. The van der Waals surface area contributed by atoms with Gasteiger partial charge in [-0.15, -0.1) is 0 Å². The molecule has 0 aliphatic rings. The predicted octanol–water partition coefficient (Wildman–Crippen LogP) is 1.89. The molecule has 0 unspecified atom stereocenters. The summed E-state index contributed by atoms with van der Waals surface area (Å²) in [7, 11) is 0.251. The lowest BCUT2D eigenvalue weighted by Crippen LogP contribution is -2.28. The van der Waals surface area contributed by atoms with E-state index in [0.717, 1.165) is 18.5 Å². The molecule has 0 heterocycles. The normalized spacial score (nSPS) is 11.5. The van der Waals surface area contributed by atoms with E-state index in [1.165, 1.54) is 12.1 Å². The number of benzene rings is 2. The SMILES string of the molecule is CN(C)CCCNS(=O)(=O)c1cccc(C(=O)NCCc2ccccc2)c1. The first-order valence-corrected chi connectivity index (χ1v) is 10.4. The van der Waals surface area contributed by atoms with Gasteiger partial charge in [0.05, 0.1) is 4.90 Å². The third-order valence-electron chi connectivity index (χ3n) is 4.02. The molecule has 0 fully saturated rings. The fourth-order valence-corrected chi connectivity index (χ4v) is 3.68. The summed E-state index contributed by atoms with van der Waals surface area (Å²) in [6, 6.07) is 16.0. The van der Waals surface area contributed by atoms with Gasteiger partial charge < -0.3 is 10.2 Å². The van der Waals surface area contributed by atoms with E-state index in [9.17, 15) is 13.2 Å². The summed E-state index contributed by atoms with van der Waals surface area (Å²) in [6.45, 7) is 1.64. The van der Waals surface area contributed by atoms with Gasteiger partial charge in [0.2, 0.25) is 10.0 Å². The van der Waals surface area contributed by atoms with Gasteiger partial charge in [-0.3, -0.25) is 4.79 Å². The molecule has 6 nitrogen and oxygen atoms in total. The number of carbonyl (C=O) groups is 1. The lowest BCUT2D eigenvalue weighted by atomic mass is 10.1. The van der Waals surface area contributed by atoms with Crippen LogP contribution in [0.1, 0.15) is 22.3 Å². The van der Waals surface area contributed by atoms with Crippen molar-refractivity contribution >= 4 is 15.9 Å². The van der Waals surface area contributed by atoms with Gasteiger partial charge in [-0.05, 0) is 57.2 Å². The Morgan fingerprint density at radius 1 is 1.00 bits per heavy atom. The number of rotatable bonds is 10. The molecule has 2 rings (SSSR count). The van der Waals surface area contributed by atoms with Crippen LogP contribution in [0.15, 0.2) is 59.5 Å². The van der Waals surface area contributed by atoms with Crippen molar-refractivity contribution in [3.05, 3.63) is 65.7 Å². The number of hydrogen-bond acceptors (Lipinski definition) is 4. The first-order valence-electron chi connectivity index (χ1n) is 8.95. The third-order valence-corrected chi connectivity index (χ3v) is 5.48. The molecule has 0 spiro atoms. The predicted molar refractivity (Wildman–Crippen MR) is 107 cm³/mol. The topological polar surface area (TPSA) is 78.5 Å². The average molecular weight is 390 g/mol. The highest BCUT2D eigenvalue weighted by atomic mass is 32.2. The fourth-order valence-electron chi connectivity index (χ4n) is 2.56. The molecule has 0 bridgehead atoms. The molecular weight excluding hydrogens is 362 g/mol. The Morgan fingerprint density at radius 2 is 1.74 bits per heavy atom. The second-order valence-electron chi connectivity index (χ2n) is 6.57. The number of hydrogen-bond donors (Lipinski definition) is 2. The van der Waals surface area contributed by atoms with Crippen LogP contribution >= 0.6 is 0 Å². The highest BCUT2D eigenvalue weighted by Gasteiger charge is 2.15. The molecule has 0 saturated heterocycles. The molecule has 0 saturated carbocycles. The molecule has 0 aromatic heterocycles. The van der Waals surface area contributed by atoms with E-state index in [1.54, 1.807) is 12.1 Å². The Bertz CT molecular complexity index is 837. The van der Waals surface area contributed by atoms with Crippen molar-refractivity contribution < 1.29 is 13.2 Å². The molecule has 0 radical (unpaired) electrons. The van der Waals surface area contributed by atoms with Crippen LogP contribution < -0.4 is 10.0 Å². The maximum Gasteiger partial charge on any atom is 0.251 e. The van der Waals surface area contributed by atoms with Crippen molar-refractivity contribution in [1.29, 1.82) is 0 Å². The van der Waals surface area contributed by atoms with Gasteiger partial charge in [-0.2, -0.15) is 0 Å². The van der Waals surface area contributed by atoms with Crippen LogP contribution in [0.3, 0.4) is 0 Å². The summed E-state index contributed by atoms with van der Waals surface area (Å²) < 4.78 is 27.4. The first-order chi connectivity index (χ1) is 12.9. The third kappa shape index (κ3) is 7.13. The molecule has 0 atom stereocenters. The summed E-state index contributed by atoms with van der Waals surface area (Å²) in [4.78, 5) is 14.4. The van der Waals surface area contributed by atoms with Gasteiger partial charge in [-0.25, -0.2) is 13.1 Å². The Labute approximate surface area is 161 Å². The van der Waals surface area contributed by atoms with Crippen molar-refractivity contribution in [3.63, 3.8) is 0 Å². The zero-order chi connectivity index (χ0) is 19.7. The molecule has 2 aromatic carbocycles. The van der Waals surface area contributed by atoms with E-state index in [-0.39, 0.29) is 10.8 Å². The second kappa shape index (κ2) is 10.2. The van der Waals surface area contributed by atoms with E-state index >= 15 is 0 Å². The highest BCUT2D eigenvalue weighted by Crippen LogP contribution is 2.11. The first kappa shape index (κ1) is 21.1. The van der Waals surface area contributed by atoms with Gasteiger partial charge in [0.15, 0.2) is 0 Å². The maximum absolute atomic E-state index is 12.4. The van der Waals surface area contributed by atoms with Gasteiger partial charge >= 0.3 is 0 Å². The number of amides is 1. The van der Waals surface area contributed by atoms with Crippen LogP contribution in [-0.4, -0.2) is 53.0 Å². The molecule has 146 valence electrons. The van der Waals surface area contributed by atoms with Crippen LogP contribution in [0.5, 0.6) is 0 Å². The Kier molecular flexibility index (Phi) is 7.97. The number of nitrogens with zero attached hydrogens (tertiary/aromatic N) is 1. The quantitative estimate of drug-likeness (QED) is 0.608. The number of carbonyl (C=O) groups excluding carboxylic acids is 1. The lowest BCUT2D eigenvalue weighted by molar-refractivity contribution is 0.0954. The zero-order valence-corrected chi connectivity index (χ0v) is 16.6. The van der Waals surface area contributed by atoms with Crippen molar-refractivity contribution in [2.75, 3.05) is 33.7 Å². The van der Waals surface area contributed by atoms with Crippen LogP contribution in [0.25, 0.3) is 0 Å². The van der Waals surface area contributed by atoms with Crippen LogP contribution in [0, 0.1) is 0 Å². The molecule has 27 heavy (non-hydrogen) atoms. The lowest BCUT2D eigenvalue weighted by Gasteiger charge is -2.11. The zero-order valence-electron chi connectivity index (χ0n) is 15.8. The van der Waals surface area contributed by atoms with Crippen LogP contribution in [0.4, 0.5) is 0 Å². The highest BCUT2D eigenvalue weighted by molar-refractivity contribution is 7.89. The van der Waals surface area contributed by atoms with Gasteiger partial charge in [0, 0.05) is 18.7 Å². The largest absolute Gasteiger partial charge is 0.352 e. The molecule has 0 aliphatic heterocycles. The van der Waals surface area contributed by atoms with E-state index in [1.807, 2.05) is 49.3 Å². The van der Waals surface area contributed by atoms with E-state index in [4.69, 9.17) is 0 Å². The summed E-state index contributed by atoms with van der Waals surface area (Å²) in [6.07, 6.45) is 1.43. The molecular formula is C20H27N3O3S. The summed E-state index contributed by atoms with van der Waals surface area (Å²) >= 11 is 0. The van der Waals surface area contributed by atoms with Crippen LogP contribution in [-0.2, 0) is 16.4 Å². The number of sulfonamides is 1. The Hall–Kier alpha value is -2.22. The molecule has 7 heteroatoms. The van der Waals surface area contributed by atoms with Gasteiger partial charge in [0.1, 0.15) is 0 Å². The fraction of sp³-hybridized carbons (Fsp3) is 0.350. The maximum atomic E-state index is 12.4. The molecule has 2 N–H and O–H groups in total. The van der Waals surface area contributed by atoms with Crippen molar-refractivity contribution in [2.45, 2.75) is 17.7 Å². The average Bonchev–Trinajstić information content (AvgIpc) is 2.66. The Balaban J connectivity index is 1.92. The summed E-state index contributed by atoms with van der Waals surface area (Å²) in [5.74, 6) is -0.282. The van der Waals surface area contributed by atoms with Crippen molar-refractivity contribution in [1.82, 2.24) is 14.9 Å². The van der Waals surface area contributed by atoms with Crippen LogP contribution in [0.2, 0.25) is 0 Å². The standard InChI is InChI=1S/C20H27N3O3S/c1-23(2)15-7-13-22-27(25,26)19-11-6-10-18(16-19)20(24)21-14-12-17-8-4-3-5-9-17/h3-6,8-11,16,22H,7,12-15H2,1-2H3,(H,21,24). The van der Waals surface area contributed by atoms with Gasteiger partial charge in [-0.1, -0.05) is 36.4 Å². The summed E-state index contributed by atoms with van der Waals surface area (Å²) in [5, 5.41) is 2.83. The number of nitrogens with one attached hydrogen (secondary N) is 2. The molecule has 2 aromatic rings. The minimum Gasteiger partial charge on any atom is -0.352 e. The Morgan fingerprint density at radius 3 is 2.44 bits per heavy atom. The second-order valence-corrected chi connectivity index (χ2v) is 8.34. The van der Waals surface area contributed by atoms with Gasteiger partial charge in [0.25, 0.3) is 5.91 Å². The monoisotopic (exact) mass is 389 g/mol.